The number of carboxylic acid groups (broad SMARTS) is 1. The molecule has 1 heterocycles. The van der Waals surface area contributed by atoms with Crippen LogP contribution in [0.25, 0.3) is 0 Å². The lowest BCUT2D eigenvalue weighted by molar-refractivity contribution is -0.0195. The lowest BCUT2D eigenvalue weighted by atomic mass is 9.96. The van der Waals surface area contributed by atoms with Crippen molar-refractivity contribution in [2.24, 2.45) is 0 Å². The molecule has 0 unspecified atom stereocenters. The summed E-state index contributed by atoms with van der Waals surface area (Å²) in [5, 5.41) is 21.6. The molecule has 0 aromatic heterocycles. The highest BCUT2D eigenvalue weighted by Gasteiger charge is 2.31. The molecule has 2 rings (SSSR count). The van der Waals surface area contributed by atoms with E-state index in [1.165, 1.54) is 0 Å². The van der Waals surface area contributed by atoms with E-state index in [1.54, 1.807) is 0 Å². The van der Waals surface area contributed by atoms with E-state index in [4.69, 9.17) is 9.84 Å². The Labute approximate surface area is 112 Å². The minimum Gasteiger partial charge on any atom is -0.465 e. The summed E-state index contributed by atoms with van der Waals surface area (Å²) in [7, 11) is 0. The molecule has 1 aromatic carbocycles. The van der Waals surface area contributed by atoms with Crippen molar-refractivity contribution >= 4 is 6.09 Å². The zero-order valence-corrected chi connectivity index (χ0v) is 10.7. The molecule has 1 aliphatic heterocycles. The van der Waals surface area contributed by atoms with Crippen LogP contribution in [0.1, 0.15) is 18.4 Å². The second kappa shape index (κ2) is 6.54. The first-order chi connectivity index (χ1) is 9.16. The van der Waals surface area contributed by atoms with Gasteiger partial charge in [0.2, 0.25) is 0 Å². The van der Waals surface area contributed by atoms with E-state index < -0.39 is 18.2 Å². The van der Waals surface area contributed by atoms with Crippen molar-refractivity contribution in [2.45, 2.75) is 37.5 Å². The first-order valence-corrected chi connectivity index (χ1v) is 6.50. The van der Waals surface area contributed by atoms with E-state index in [0.717, 1.165) is 18.4 Å². The molecule has 0 spiro atoms. The van der Waals surface area contributed by atoms with E-state index in [-0.39, 0.29) is 6.10 Å². The summed E-state index contributed by atoms with van der Waals surface area (Å²) in [4.78, 5) is 10.9. The molecule has 1 fully saturated rings. The summed E-state index contributed by atoms with van der Waals surface area (Å²) in [6, 6.07) is 8.97. The fourth-order valence-electron chi connectivity index (χ4n) is 2.41. The van der Waals surface area contributed by atoms with E-state index in [1.807, 2.05) is 30.3 Å². The maximum Gasteiger partial charge on any atom is 0.404 e. The van der Waals surface area contributed by atoms with E-state index >= 15 is 0 Å². The van der Waals surface area contributed by atoms with Gasteiger partial charge in [-0.1, -0.05) is 30.3 Å². The molecule has 3 N–H and O–H groups in total. The Morgan fingerprint density at radius 3 is 2.74 bits per heavy atom. The Balaban J connectivity index is 2.04. The molecule has 3 atom stereocenters. The van der Waals surface area contributed by atoms with Crippen molar-refractivity contribution in [3.05, 3.63) is 35.9 Å². The zero-order valence-electron chi connectivity index (χ0n) is 10.7. The summed E-state index contributed by atoms with van der Waals surface area (Å²) in [5.41, 5.74) is 0.985. The molecule has 5 heteroatoms. The molecule has 0 bridgehead atoms. The van der Waals surface area contributed by atoms with Crippen molar-refractivity contribution in [3.8, 4) is 0 Å². The quantitative estimate of drug-likeness (QED) is 0.752. The van der Waals surface area contributed by atoms with E-state index in [0.29, 0.717) is 13.0 Å². The van der Waals surface area contributed by atoms with Crippen LogP contribution in [0.5, 0.6) is 0 Å². The van der Waals surface area contributed by atoms with Crippen LogP contribution in [0.4, 0.5) is 4.79 Å². The standard InChI is InChI=1S/C14H19NO4/c16-13(12-7-4-8-19-12)11(15-14(17)18)9-10-5-2-1-3-6-10/h1-3,5-6,11-13,15-16H,4,7-9H2,(H,17,18)/t11-,12+,13+/m0/s1. The van der Waals surface area contributed by atoms with Gasteiger partial charge in [0.1, 0.15) is 6.10 Å². The van der Waals surface area contributed by atoms with Gasteiger partial charge >= 0.3 is 6.09 Å². The average Bonchev–Trinajstić information content (AvgIpc) is 2.91. The smallest absolute Gasteiger partial charge is 0.404 e. The minimum absolute atomic E-state index is 0.277. The van der Waals surface area contributed by atoms with Crippen LogP contribution < -0.4 is 5.32 Å². The third-order valence-corrected chi connectivity index (χ3v) is 3.37. The van der Waals surface area contributed by atoms with Gasteiger partial charge in [-0.25, -0.2) is 4.79 Å². The summed E-state index contributed by atoms with van der Waals surface area (Å²) >= 11 is 0. The molecule has 1 saturated heterocycles. The van der Waals surface area contributed by atoms with Crippen molar-refractivity contribution in [3.63, 3.8) is 0 Å². The largest absolute Gasteiger partial charge is 0.465 e. The summed E-state index contributed by atoms with van der Waals surface area (Å²) in [5.74, 6) is 0. The zero-order chi connectivity index (χ0) is 13.7. The van der Waals surface area contributed by atoms with Gasteiger partial charge in [0, 0.05) is 6.61 Å². The Morgan fingerprint density at radius 2 is 2.16 bits per heavy atom. The van der Waals surface area contributed by atoms with Crippen molar-refractivity contribution in [1.82, 2.24) is 5.32 Å². The molecule has 5 nitrogen and oxygen atoms in total. The number of aliphatic hydroxyl groups excluding tert-OH is 1. The Bertz CT molecular complexity index is 403. The van der Waals surface area contributed by atoms with Gasteiger partial charge in [-0.05, 0) is 24.8 Å². The number of rotatable bonds is 5. The fourth-order valence-corrected chi connectivity index (χ4v) is 2.41. The fraction of sp³-hybridized carbons (Fsp3) is 0.500. The van der Waals surface area contributed by atoms with Crippen LogP contribution in [0, 0.1) is 0 Å². The first-order valence-electron chi connectivity index (χ1n) is 6.50. The van der Waals surface area contributed by atoms with Crippen molar-refractivity contribution in [2.75, 3.05) is 6.61 Å². The second-order valence-electron chi connectivity index (χ2n) is 4.79. The third kappa shape index (κ3) is 3.94. The highest BCUT2D eigenvalue weighted by molar-refractivity contribution is 5.65. The molecule has 1 aromatic rings. The predicted molar refractivity (Wildman–Crippen MR) is 70.1 cm³/mol. The van der Waals surface area contributed by atoms with Crippen LogP contribution in [0.2, 0.25) is 0 Å². The molecule has 0 saturated carbocycles. The maximum absolute atomic E-state index is 10.9. The summed E-state index contributed by atoms with van der Waals surface area (Å²) < 4.78 is 5.43. The number of amides is 1. The van der Waals surface area contributed by atoms with Gasteiger partial charge in [-0.2, -0.15) is 0 Å². The van der Waals surface area contributed by atoms with Gasteiger partial charge < -0.3 is 20.3 Å². The average molecular weight is 265 g/mol. The normalized spacial score (nSPS) is 21.8. The van der Waals surface area contributed by atoms with Gasteiger partial charge in [-0.15, -0.1) is 0 Å². The number of benzene rings is 1. The number of aliphatic hydroxyl groups is 1. The summed E-state index contributed by atoms with van der Waals surface area (Å²) in [6.07, 6.45) is -0.0910. The SMILES string of the molecule is O=C(O)N[C@@H](Cc1ccccc1)[C@@H](O)[C@H]1CCCO1. The lowest BCUT2D eigenvalue weighted by Gasteiger charge is -2.27. The lowest BCUT2D eigenvalue weighted by Crippen LogP contribution is -2.49. The first kappa shape index (κ1) is 13.8. The Morgan fingerprint density at radius 1 is 1.42 bits per heavy atom. The van der Waals surface area contributed by atoms with Gasteiger partial charge in [-0.3, -0.25) is 0 Å². The van der Waals surface area contributed by atoms with Crippen molar-refractivity contribution in [1.29, 1.82) is 0 Å². The highest BCUT2D eigenvalue weighted by Crippen LogP contribution is 2.19. The van der Waals surface area contributed by atoms with Crippen LogP contribution in [-0.2, 0) is 11.2 Å². The molecule has 1 aliphatic rings. The number of ether oxygens (including phenoxy) is 1. The second-order valence-corrected chi connectivity index (χ2v) is 4.79. The molecule has 0 radical (unpaired) electrons. The predicted octanol–water partition coefficient (Wildman–Crippen LogP) is 1.41. The maximum atomic E-state index is 10.9. The van der Waals surface area contributed by atoms with Crippen LogP contribution >= 0.6 is 0 Å². The van der Waals surface area contributed by atoms with Crippen molar-refractivity contribution < 1.29 is 19.7 Å². The number of hydrogen-bond acceptors (Lipinski definition) is 3. The van der Waals surface area contributed by atoms with Crippen LogP contribution in [-0.4, -0.2) is 41.2 Å². The Hall–Kier alpha value is -1.59. The van der Waals surface area contributed by atoms with Crippen LogP contribution in [0.3, 0.4) is 0 Å². The van der Waals surface area contributed by atoms with Gasteiger partial charge in [0.05, 0.1) is 12.1 Å². The molecule has 1 amide bonds. The third-order valence-electron chi connectivity index (χ3n) is 3.37. The van der Waals surface area contributed by atoms with Crippen LogP contribution in [0.15, 0.2) is 30.3 Å². The molecule has 104 valence electrons. The van der Waals surface area contributed by atoms with E-state index in [9.17, 15) is 9.90 Å². The molecule has 0 aliphatic carbocycles. The topological polar surface area (TPSA) is 78.8 Å². The number of hydrogen-bond donors (Lipinski definition) is 3. The molecule has 19 heavy (non-hydrogen) atoms. The highest BCUT2D eigenvalue weighted by atomic mass is 16.5. The van der Waals surface area contributed by atoms with Gasteiger partial charge in [0.25, 0.3) is 0 Å². The van der Waals surface area contributed by atoms with E-state index in [2.05, 4.69) is 5.32 Å². The number of carbonyl (C=O) groups is 1. The Kier molecular flexibility index (Phi) is 4.76. The molecular formula is C14H19NO4. The minimum atomic E-state index is -1.13. The summed E-state index contributed by atoms with van der Waals surface area (Å²) in [6.45, 7) is 0.632. The molecular weight excluding hydrogens is 246 g/mol. The number of nitrogens with one attached hydrogen (secondary N) is 1. The monoisotopic (exact) mass is 265 g/mol. The van der Waals surface area contributed by atoms with Gasteiger partial charge in [0.15, 0.2) is 0 Å².